The SMILES string of the molecule is O=C(NCc1ccccc1Oc1ccccc1)c1ccc(Cl)cc1Cl. The number of hydrogen-bond donors (Lipinski definition) is 1. The van der Waals surface area contributed by atoms with Crippen LogP contribution in [0.3, 0.4) is 0 Å². The van der Waals surface area contributed by atoms with Crippen LogP contribution in [0.1, 0.15) is 15.9 Å². The molecule has 0 saturated heterocycles. The molecule has 3 aromatic carbocycles. The van der Waals surface area contributed by atoms with Gasteiger partial charge in [-0.05, 0) is 36.4 Å². The van der Waals surface area contributed by atoms with Gasteiger partial charge in [-0.1, -0.05) is 59.6 Å². The smallest absolute Gasteiger partial charge is 0.253 e. The fourth-order valence-electron chi connectivity index (χ4n) is 2.31. The van der Waals surface area contributed by atoms with E-state index < -0.39 is 0 Å². The van der Waals surface area contributed by atoms with Crippen molar-refractivity contribution in [1.29, 1.82) is 0 Å². The highest BCUT2D eigenvalue weighted by atomic mass is 35.5. The van der Waals surface area contributed by atoms with E-state index in [1.165, 1.54) is 0 Å². The molecule has 0 aliphatic rings. The minimum Gasteiger partial charge on any atom is -0.457 e. The predicted molar refractivity (Wildman–Crippen MR) is 101 cm³/mol. The Balaban J connectivity index is 1.72. The fraction of sp³-hybridized carbons (Fsp3) is 0.0500. The van der Waals surface area contributed by atoms with Gasteiger partial charge in [0.25, 0.3) is 5.91 Å². The lowest BCUT2D eigenvalue weighted by Gasteiger charge is -2.12. The van der Waals surface area contributed by atoms with Gasteiger partial charge in [-0.2, -0.15) is 0 Å². The Kier molecular flexibility index (Phi) is 5.59. The second-order valence-corrected chi connectivity index (χ2v) is 6.17. The summed E-state index contributed by atoms with van der Waals surface area (Å²) in [6.07, 6.45) is 0. The van der Waals surface area contributed by atoms with Crippen molar-refractivity contribution >= 4 is 29.1 Å². The van der Waals surface area contributed by atoms with Gasteiger partial charge in [0.1, 0.15) is 11.5 Å². The van der Waals surface area contributed by atoms with Crippen LogP contribution in [0.25, 0.3) is 0 Å². The van der Waals surface area contributed by atoms with E-state index >= 15 is 0 Å². The van der Waals surface area contributed by atoms with Crippen LogP contribution in [0.15, 0.2) is 72.8 Å². The first kappa shape index (κ1) is 17.3. The van der Waals surface area contributed by atoms with Crippen molar-refractivity contribution in [2.75, 3.05) is 0 Å². The van der Waals surface area contributed by atoms with Crippen molar-refractivity contribution in [3.05, 3.63) is 94.0 Å². The van der Waals surface area contributed by atoms with E-state index in [1.807, 2.05) is 54.6 Å². The van der Waals surface area contributed by atoms with Gasteiger partial charge < -0.3 is 10.1 Å². The third-order valence-electron chi connectivity index (χ3n) is 3.56. The Morgan fingerprint density at radius 3 is 2.40 bits per heavy atom. The minimum absolute atomic E-state index is 0.267. The number of hydrogen-bond acceptors (Lipinski definition) is 2. The van der Waals surface area contributed by atoms with Crippen molar-refractivity contribution in [3.8, 4) is 11.5 Å². The molecule has 0 bridgehead atoms. The number of carbonyl (C=O) groups excluding carboxylic acids is 1. The predicted octanol–water partition coefficient (Wildman–Crippen LogP) is 5.72. The molecule has 0 atom stereocenters. The number of nitrogens with one attached hydrogen (secondary N) is 1. The number of rotatable bonds is 5. The van der Waals surface area contributed by atoms with Crippen molar-refractivity contribution < 1.29 is 9.53 Å². The molecule has 3 nitrogen and oxygen atoms in total. The number of carbonyl (C=O) groups is 1. The molecule has 0 spiro atoms. The van der Waals surface area contributed by atoms with Crippen molar-refractivity contribution in [1.82, 2.24) is 5.32 Å². The first-order valence-electron chi connectivity index (χ1n) is 7.67. The molecule has 1 N–H and O–H groups in total. The van der Waals surface area contributed by atoms with Crippen LogP contribution in [-0.2, 0) is 6.54 Å². The zero-order chi connectivity index (χ0) is 17.6. The van der Waals surface area contributed by atoms with Crippen molar-refractivity contribution in [2.45, 2.75) is 6.54 Å². The second-order valence-electron chi connectivity index (χ2n) is 5.33. The minimum atomic E-state index is -0.267. The number of ether oxygens (including phenoxy) is 1. The van der Waals surface area contributed by atoms with Gasteiger partial charge in [-0.3, -0.25) is 4.79 Å². The number of benzene rings is 3. The maximum atomic E-state index is 12.3. The molecular weight excluding hydrogens is 357 g/mol. The number of para-hydroxylation sites is 2. The Hall–Kier alpha value is -2.49. The Morgan fingerprint density at radius 1 is 0.920 bits per heavy atom. The second kappa shape index (κ2) is 8.06. The van der Waals surface area contributed by atoms with Crippen LogP contribution in [0.4, 0.5) is 0 Å². The summed E-state index contributed by atoms with van der Waals surface area (Å²) in [6, 6.07) is 21.8. The average Bonchev–Trinajstić information content (AvgIpc) is 2.61. The highest BCUT2D eigenvalue weighted by molar-refractivity contribution is 6.36. The highest BCUT2D eigenvalue weighted by Crippen LogP contribution is 2.25. The van der Waals surface area contributed by atoms with E-state index in [0.717, 1.165) is 11.3 Å². The highest BCUT2D eigenvalue weighted by Gasteiger charge is 2.12. The lowest BCUT2D eigenvalue weighted by Crippen LogP contribution is -2.23. The van der Waals surface area contributed by atoms with E-state index in [4.69, 9.17) is 27.9 Å². The van der Waals surface area contributed by atoms with Gasteiger partial charge in [-0.15, -0.1) is 0 Å². The molecule has 0 aromatic heterocycles. The Labute approximate surface area is 156 Å². The molecule has 0 unspecified atom stereocenters. The van der Waals surface area contributed by atoms with Gasteiger partial charge >= 0.3 is 0 Å². The number of halogens is 2. The fourth-order valence-corrected chi connectivity index (χ4v) is 2.80. The third-order valence-corrected chi connectivity index (χ3v) is 4.11. The first-order chi connectivity index (χ1) is 12.1. The van der Waals surface area contributed by atoms with Crippen LogP contribution >= 0.6 is 23.2 Å². The largest absolute Gasteiger partial charge is 0.457 e. The summed E-state index contributed by atoms with van der Waals surface area (Å²) in [5, 5.41) is 3.66. The molecule has 1 amide bonds. The van der Waals surface area contributed by atoms with Crippen LogP contribution in [0.2, 0.25) is 10.0 Å². The molecule has 25 heavy (non-hydrogen) atoms. The Bertz CT molecular complexity index is 882. The lowest BCUT2D eigenvalue weighted by molar-refractivity contribution is 0.0951. The van der Waals surface area contributed by atoms with Gasteiger partial charge in [0.2, 0.25) is 0 Å². The molecular formula is C20H15Cl2NO2. The summed E-state index contributed by atoms with van der Waals surface area (Å²) < 4.78 is 5.89. The summed E-state index contributed by atoms with van der Waals surface area (Å²) in [6.45, 7) is 0.320. The molecule has 0 saturated carbocycles. The van der Waals surface area contributed by atoms with Gasteiger partial charge in [0.05, 0.1) is 10.6 Å². The summed E-state index contributed by atoms with van der Waals surface area (Å²) in [7, 11) is 0. The molecule has 0 radical (unpaired) electrons. The molecule has 0 fully saturated rings. The maximum Gasteiger partial charge on any atom is 0.253 e. The van der Waals surface area contributed by atoms with Crippen LogP contribution in [0, 0.1) is 0 Å². The Morgan fingerprint density at radius 2 is 1.64 bits per heavy atom. The standard InChI is InChI=1S/C20H15Cl2NO2/c21-15-10-11-17(18(22)12-15)20(24)23-13-14-6-4-5-9-19(14)25-16-7-2-1-3-8-16/h1-12H,13H2,(H,23,24). The quantitative estimate of drug-likeness (QED) is 0.623. The van der Waals surface area contributed by atoms with Crippen molar-refractivity contribution in [3.63, 3.8) is 0 Å². The van der Waals surface area contributed by atoms with E-state index in [2.05, 4.69) is 5.32 Å². The number of amides is 1. The topological polar surface area (TPSA) is 38.3 Å². The lowest BCUT2D eigenvalue weighted by atomic mass is 10.1. The van der Waals surface area contributed by atoms with Gasteiger partial charge in [0, 0.05) is 17.1 Å². The van der Waals surface area contributed by atoms with Crippen LogP contribution in [-0.4, -0.2) is 5.91 Å². The van der Waals surface area contributed by atoms with E-state index in [1.54, 1.807) is 18.2 Å². The first-order valence-corrected chi connectivity index (χ1v) is 8.43. The average molecular weight is 372 g/mol. The summed E-state index contributed by atoms with van der Waals surface area (Å²) in [5.41, 5.74) is 1.25. The molecule has 126 valence electrons. The van der Waals surface area contributed by atoms with E-state index in [0.29, 0.717) is 27.9 Å². The molecule has 0 heterocycles. The maximum absolute atomic E-state index is 12.3. The van der Waals surface area contributed by atoms with E-state index in [-0.39, 0.29) is 5.91 Å². The summed E-state index contributed by atoms with van der Waals surface area (Å²) >= 11 is 11.9. The van der Waals surface area contributed by atoms with Gasteiger partial charge in [0.15, 0.2) is 0 Å². The summed E-state index contributed by atoms with van der Waals surface area (Å²) in [4.78, 5) is 12.3. The monoisotopic (exact) mass is 371 g/mol. The molecule has 3 aromatic rings. The molecule has 3 rings (SSSR count). The van der Waals surface area contributed by atoms with E-state index in [9.17, 15) is 4.79 Å². The zero-order valence-corrected chi connectivity index (χ0v) is 14.7. The van der Waals surface area contributed by atoms with Crippen LogP contribution < -0.4 is 10.1 Å². The normalized spacial score (nSPS) is 10.3. The molecule has 0 aliphatic heterocycles. The van der Waals surface area contributed by atoms with Crippen LogP contribution in [0.5, 0.6) is 11.5 Å². The zero-order valence-electron chi connectivity index (χ0n) is 13.2. The third kappa shape index (κ3) is 4.53. The molecule has 5 heteroatoms. The van der Waals surface area contributed by atoms with Crippen molar-refractivity contribution in [2.24, 2.45) is 0 Å². The molecule has 0 aliphatic carbocycles. The summed E-state index contributed by atoms with van der Waals surface area (Å²) in [5.74, 6) is 1.16. The van der Waals surface area contributed by atoms with Gasteiger partial charge in [-0.25, -0.2) is 0 Å².